The zero-order chi connectivity index (χ0) is 13.7. The summed E-state index contributed by atoms with van der Waals surface area (Å²) in [6, 6.07) is 13.7. The number of rotatable bonds is 5. The molecule has 2 aromatic rings. The van der Waals surface area contributed by atoms with E-state index in [2.05, 4.69) is 21.2 Å². The molecule has 0 bridgehead atoms. The van der Waals surface area contributed by atoms with Gasteiger partial charge in [0, 0.05) is 16.0 Å². The van der Waals surface area contributed by atoms with E-state index in [4.69, 9.17) is 16.3 Å². The lowest BCUT2D eigenvalue weighted by Gasteiger charge is -2.11. The zero-order valence-electron chi connectivity index (χ0n) is 10.6. The molecule has 0 saturated heterocycles. The van der Waals surface area contributed by atoms with Crippen LogP contribution in [0.2, 0.25) is 5.02 Å². The molecule has 0 amide bonds. The number of anilines is 1. The molecule has 4 heteroatoms. The van der Waals surface area contributed by atoms with Gasteiger partial charge in [0.1, 0.15) is 12.4 Å². The van der Waals surface area contributed by atoms with Crippen LogP contribution in [0.3, 0.4) is 0 Å². The highest BCUT2D eigenvalue weighted by atomic mass is 79.9. The van der Waals surface area contributed by atoms with Crippen molar-refractivity contribution in [3.8, 4) is 5.75 Å². The monoisotopic (exact) mass is 339 g/mol. The first kappa shape index (κ1) is 14.2. The molecule has 0 heterocycles. The number of hydrogen-bond donors (Lipinski definition) is 1. The molecule has 0 spiro atoms. The van der Waals surface area contributed by atoms with E-state index >= 15 is 0 Å². The van der Waals surface area contributed by atoms with Crippen molar-refractivity contribution in [1.82, 2.24) is 0 Å². The van der Waals surface area contributed by atoms with Crippen LogP contribution in [0.5, 0.6) is 5.75 Å². The first-order chi connectivity index (χ1) is 9.16. The maximum absolute atomic E-state index is 6.10. The average molecular weight is 341 g/mol. The van der Waals surface area contributed by atoms with Gasteiger partial charge in [0.05, 0.1) is 5.69 Å². The molecule has 0 aliphatic rings. The van der Waals surface area contributed by atoms with Crippen molar-refractivity contribution in [3.05, 3.63) is 57.5 Å². The van der Waals surface area contributed by atoms with Crippen LogP contribution in [0.1, 0.15) is 5.56 Å². The van der Waals surface area contributed by atoms with E-state index in [1.165, 1.54) is 0 Å². The highest BCUT2D eigenvalue weighted by Gasteiger charge is 2.03. The second kappa shape index (κ2) is 6.83. The SMILES string of the molecule is Cc1cc(Br)c(NCCOc2ccccc2)cc1Cl. The third-order valence-electron chi connectivity index (χ3n) is 2.68. The van der Waals surface area contributed by atoms with E-state index in [0.717, 1.165) is 26.5 Å². The Bertz CT molecular complexity index is 545. The van der Waals surface area contributed by atoms with E-state index in [1.54, 1.807) is 0 Å². The van der Waals surface area contributed by atoms with E-state index in [1.807, 2.05) is 49.4 Å². The lowest BCUT2D eigenvalue weighted by Crippen LogP contribution is -2.11. The maximum atomic E-state index is 6.10. The molecule has 19 heavy (non-hydrogen) atoms. The fourth-order valence-corrected chi connectivity index (χ4v) is 2.41. The lowest BCUT2D eigenvalue weighted by molar-refractivity contribution is 0.333. The quantitative estimate of drug-likeness (QED) is 0.782. The van der Waals surface area contributed by atoms with Gasteiger partial charge in [-0.25, -0.2) is 0 Å². The van der Waals surface area contributed by atoms with Crippen LogP contribution in [-0.4, -0.2) is 13.2 Å². The number of aryl methyl sites for hydroxylation is 1. The van der Waals surface area contributed by atoms with Gasteiger partial charge in [0.15, 0.2) is 0 Å². The summed E-state index contributed by atoms with van der Waals surface area (Å²) in [5.41, 5.74) is 2.03. The van der Waals surface area contributed by atoms with E-state index < -0.39 is 0 Å². The van der Waals surface area contributed by atoms with Gasteiger partial charge in [0.25, 0.3) is 0 Å². The molecule has 0 unspecified atom stereocenters. The maximum Gasteiger partial charge on any atom is 0.119 e. The molecule has 0 aliphatic carbocycles. The zero-order valence-corrected chi connectivity index (χ0v) is 13.0. The van der Waals surface area contributed by atoms with Crippen molar-refractivity contribution in [3.63, 3.8) is 0 Å². The molecule has 1 N–H and O–H groups in total. The Balaban J connectivity index is 1.85. The van der Waals surface area contributed by atoms with Gasteiger partial charge in [-0.2, -0.15) is 0 Å². The summed E-state index contributed by atoms with van der Waals surface area (Å²) in [5, 5.41) is 4.05. The molecule has 0 radical (unpaired) electrons. The van der Waals surface area contributed by atoms with Crippen molar-refractivity contribution in [2.24, 2.45) is 0 Å². The molecular formula is C15H15BrClNO. The van der Waals surface area contributed by atoms with Crippen LogP contribution in [0.15, 0.2) is 46.9 Å². The van der Waals surface area contributed by atoms with Gasteiger partial charge >= 0.3 is 0 Å². The normalized spacial score (nSPS) is 10.3. The molecule has 2 rings (SSSR count). The van der Waals surface area contributed by atoms with Gasteiger partial charge < -0.3 is 10.1 Å². The summed E-state index contributed by atoms with van der Waals surface area (Å²) in [6.07, 6.45) is 0. The minimum atomic E-state index is 0.599. The molecular weight excluding hydrogens is 326 g/mol. The lowest BCUT2D eigenvalue weighted by atomic mass is 10.2. The van der Waals surface area contributed by atoms with Crippen LogP contribution >= 0.6 is 27.5 Å². The van der Waals surface area contributed by atoms with E-state index in [-0.39, 0.29) is 0 Å². The van der Waals surface area contributed by atoms with Crippen molar-refractivity contribution in [1.29, 1.82) is 0 Å². The highest BCUT2D eigenvalue weighted by molar-refractivity contribution is 9.10. The van der Waals surface area contributed by atoms with Gasteiger partial charge in [-0.3, -0.25) is 0 Å². The number of hydrogen-bond acceptors (Lipinski definition) is 2. The molecule has 2 nitrogen and oxygen atoms in total. The number of halogens is 2. The standard InChI is InChI=1S/C15H15BrClNO/c1-11-9-13(16)15(10-14(11)17)18-7-8-19-12-5-3-2-4-6-12/h2-6,9-10,18H,7-8H2,1H3. The van der Waals surface area contributed by atoms with E-state index in [9.17, 15) is 0 Å². The topological polar surface area (TPSA) is 21.3 Å². The van der Waals surface area contributed by atoms with Crippen LogP contribution in [-0.2, 0) is 0 Å². The van der Waals surface area contributed by atoms with Crippen LogP contribution in [0.4, 0.5) is 5.69 Å². The molecule has 0 aromatic heterocycles. The Labute approximate surface area is 126 Å². The number of para-hydroxylation sites is 1. The molecule has 0 saturated carbocycles. The fourth-order valence-electron chi connectivity index (χ4n) is 1.65. The van der Waals surface area contributed by atoms with Crippen molar-refractivity contribution >= 4 is 33.2 Å². The van der Waals surface area contributed by atoms with Gasteiger partial charge in [-0.05, 0) is 52.7 Å². The second-order valence-electron chi connectivity index (χ2n) is 4.17. The van der Waals surface area contributed by atoms with E-state index in [0.29, 0.717) is 13.2 Å². The smallest absolute Gasteiger partial charge is 0.119 e. The van der Waals surface area contributed by atoms with Crippen molar-refractivity contribution < 1.29 is 4.74 Å². The Morgan fingerprint density at radius 1 is 1.21 bits per heavy atom. The Kier molecular flexibility index (Phi) is 5.11. The van der Waals surface area contributed by atoms with Gasteiger partial charge in [-0.15, -0.1) is 0 Å². The van der Waals surface area contributed by atoms with Crippen molar-refractivity contribution in [2.45, 2.75) is 6.92 Å². The van der Waals surface area contributed by atoms with Crippen LogP contribution in [0.25, 0.3) is 0 Å². The van der Waals surface area contributed by atoms with Crippen LogP contribution < -0.4 is 10.1 Å². The molecule has 100 valence electrons. The largest absolute Gasteiger partial charge is 0.492 e. The van der Waals surface area contributed by atoms with Gasteiger partial charge in [0.2, 0.25) is 0 Å². The third kappa shape index (κ3) is 4.15. The molecule has 2 aromatic carbocycles. The van der Waals surface area contributed by atoms with Crippen LogP contribution in [0, 0.1) is 6.92 Å². The first-order valence-electron chi connectivity index (χ1n) is 6.04. The molecule has 0 atom stereocenters. The number of benzene rings is 2. The van der Waals surface area contributed by atoms with Gasteiger partial charge in [-0.1, -0.05) is 29.8 Å². The highest BCUT2D eigenvalue weighted by Crippen LogP contribution is 2.28. The summed E-state index contributed by atoms with van der Waals surface area (Å²) in [6.45, 7) is 3.30. The molecule has 0 aliphatic heterocycles. The Morgan fingerprint density at radius 3 is 2.68 bits per heavy atom. The summed E-state index contributed by atoms with van der Waals surface area (Å²) in [7, 11) is 0. The number of nitrogens with one attached hydrogen (secondary N) is 1. The second-order valence-corrected chi connectivity index (χ2v) is 5.43. The summed E-state index contributed by atoms with van der Waals surface area (Å²) >= 11 is 9.62. The summed E-state index contributed by atoms with van der Waals surface area (Å²) in [5.74, 6) is 0.880. The minimum Gasteiger partial charge on any atom is -0.492 e. The first-order valence-corrected chi connectivity index (χ1v) is 7.21. The number of ether oxygens (including phenoxy) is 1. The average Bonchev–Trinajstić information content (AvgIpc) is 2.41. The summed E-state index contributed by atoms with van der Waals surface area (Å²) in [4.78, 5) is 0. The minimum absolute atomic E-state index is 0.599. The molecule has 0 fully saturated rings. The predicted molar refractivity (Wildman–Crippen MR) is 84.3 cm³/mol. The predicted octanol–water partition coefficient (Wildman–Crippen LogP) is 4.90. The fraction of sp³-hybridized carbons (Fsp3) is 0.200. The van der Waals surface area contributed by atoms with Crippen molar-refractivity contribution in [2.75, 3.05) is 18.5 Å². The summed E-state index contributed by atoms with van der Waals surface area (Å²) < 4.78 is 6.62. The third-order valence-corrected chi connectivity index (χ3v) is 3.74. The Hall–Kier alpha value is -1.19. The Morgan fingerprint density at radius 2 is 1.95 bits per heavy atom.